The molecule has 2 amide bonds. The Bertz CT molecular complexity index is 772. The minimum Gasteiger partial charge on any atom is -0.481 e. The number of carboxylic acid groups (broad SMARTS) is 1. The predicted molar refractivity (Wildman–Crippen MR) is 92.3 cm³/mol. The predicted octanol–water partition coefficient (Wildman–Crippen LogP) is 0.0396. The van der Waals surface area contributed by atoms with Crippen LogP contribution in [0, 0.1) is 5.92 Å². The molecule has 0 saturated carbocycles. The molecule has 0 aliphatic carbocycles. The average molecular weight is 359 g/mol. The lowest BCUT2D eigenvalue weighted by Crippen LogP contribution is -2.34. The Balaban J connectivity index is 1.93. The van der Waals surface area contributed by atoms with E-state index in [2.05, 4.69) is 15.6 Å². The molecule has 9 heteroatoms. The van der Waals surface area contributed by atoms with Crippen LogP contribution in [0.4, 0.5) is 0 Å². The Kier molecular flexibility index (Phi) is 6.42. The molecule has 138 valence electrons. The highest BCUT2D eigenvalue weighted by Gasteiger charge is 2.20. The highest BCUT2D eigenvalue weighted by Crippen LogP contribution is 2.09. The van der Waals surface area contributed by atoms with Gasteiger partial charge in [-0.1, -0.05) is 35.5 Å². The second kappa shape index (κ2) is 8.75. The summed E-state index contributed by atoms with van der Waals surface area (Å²) in [5.74, 6) is -2.47. The molecule has 9 nitrogen and oxygen atoms in total. The van der Waals surface area contributed by atoms with Crippen LogP contribution < -0.4 is 5.32 Å². The molecule has 0 aliphatic rings. The molecular weight excluding hydrogens is 338 g/mol. The van der Waals surface area contributed by atoms with E-state index in [9.17, 15) is 19.5 Å². The quantitative estimate of drug-likeness (QED) is 0.687. The number of benzene rings is 1. The number of nitrogens with one attached hydrogen (secondary N) is 1. The van der Waals surface area contributed by atoms with Crippen LogP contribution >= 0.6 is 0 Å². The molecule has 1 unspecified atom stereocenters. The third-order valence-electron chi connectivity index (χ3n) is 3.75. The van der Waals surface area contributed by atoms with Crippen molar-refractivity contribution in [3.05, 3.63) is 47.8 Å². The first kappa shape index (κ1) is 19.1. The van der Waals surface area contributed by atoms with Gasteiger partial charge < -0.3 is 15.3 Å². The molecule has 2 aromatic rings. The van der Waals surface area contributed by atoms with E-state index in [1.807, 2.05) is 30.3 Å². The summed E-state index contributed by atoms with van der Waals surface area (Å²) < 4.78 is 1.26. The number of aromatic nitrogens is 3. The summed E-state index contributed by atoms with van der Waals surface area (Å²) in [6.45, 7) is -0.0639. The van der Waals surface area contributed by atoms with Gasteiger partial charge in [-0.2, -0.15) is 0 Å². The first-order chi connectivity index (χ1) is 12.4. The fourth-order valence-electron chi connectivity index (χ4n) is 2.21. The molecule has 0 aliphatic heterocycles. The Hall–Kier alpha value is -3.23. The highest BCUT2D eigenvalue weighted by molar-refractivity contribution is 5.92. The van der Waals surface area contributed by atoms with Crippen molar-refractivity contribution in [3.63, 3.8) is 0 Å². The fraction of sp³-hybridized carbons (Fsp3) is 0.353. The van der Waals surface area contributed by atoms with Crippen LogP contribution in [0.2, 0.25) is 0 Å². The largest absolute Gasteiger partial charge is 0.481 e. The zero-order chi connectivity index (χ0) is 19.1. The highest BCUT2D eigenvalue weighted by atomic mass is 16.4. The van der Waals surface area contributed by atoms with Crippen LogP contribution in [-0.4, -0.2) is 63.4 Å². The van der Waals surface area contributed by atoms with E-state index in [1.165, 1.54) is 15.8 Å². The molecule has 1 heterocycles. The maximum atomic E-state index is 12.1. The standard InChI is InChI=1S/C17H21N5O4/c1-21(2)15(23)11-22-10-14(19-20-22)16(24)18-9-13(17(25)26)8-12-6-4-3-5-7-12/h3-7,10,13H,8-9,11H2,1-2H3,(H,18,24)(H,25,26). The van der Waals surface area contributed by atoms with E-state index < -0.39 is 17.8 Å². The Morgan fingerprint density at radius 2 is 1.92 bits per heavy atom. The lowest BCUT2D eigenvalue weighted by Gasteiger charge is -2.13. The third kappa shape index (κ3) is 5.40. The molecule has 0 radical (unpaired) electrons. The Morgan fingerprint density at radius 1 is 1.23 bits per heavy atom. The topological polar surface area (TPSA) is 117 Å². The number of carbonyl (C=O) groups is 3. The molecule has 2 rings (SSSR count). The summed E-state index contributed by atoms with van der Waals surface area (Å²) in [5.41, 5.74) is 0.905. The first-order valence-electron chi connectivity index (χ1n) is 8.02. The Labute approximate surface area is 150 Å². The number of hydrogen-bond donors (Lipinski definition) is 2. The second-order valence-electron chi connectivity index (χ2n) is 6.02. The number of hydrogen-bond acceptors (Lipinski definition) is 5. The van der Waals surface area contributed by atoms with E-state index >= 15 is 0 Å². The van der Waals surface area contributed by atoms with E-state index in [4.69, 9.17) is 0 Å². The van der Waals surface area contributed by atoms with E-state index in [1.54, 1.807) is 14.1 Å². The first-order valence-corrected chi connectivity index (χ1v) is 8.02. The average Bonchev–Trinajstić information content (AvgIpc) is 3.07. The van der Waals surface area contributed by atoms with Crippen molar-refractivity contribution in [1.29, 1.82) is 0 Å². The van der Waals surface area contributed by atoms with E-state index in [-0.39, 0.29) is 24.7 Å². The molecule has 26 heavy (non-hydrogen) atoms. The van der Waals surface area contributed by atoms with E-state index in [0.717, 1.165) is 5.56 Å². The number of likely N-dealkylation sites (N-methyl/N-ethyl adjacent to an activating group) is 1. The molecule has 0 spiro atoms. The van der Waals surface area contributed by atoms with Crippen LogP contribution in [0.3, 0.4) is 0 Å². The van der Waals surface area contributed by atoms with Crippen molar-refractivity contribution < 1.29 is 19.5 Å². The Morgan fingerprint density at radius 3 is 2.54 bits per heavy atom. The van der Waals surface area contributed by atoms with Gasteiger partial charge in [0.1, 0.15) is 6.54 Å². The molecule has 1 aromatic heterocycles. The third-order valence-corrected chi connectivity index (χ3v) is 3.75. The van der Waals surface area contributed by atoms with Gasteiger partial charge in [-0.25, -0.2) is 4.68 Å². The monoisotopic (exact) mass is 359 g/mol. The summed E-state index contributed by atoms with van der Waals surface area (Å²) in [7, 11) is 3.23. The number of amides is 2. The van der Waals surface area contributed by atoms with Gasteiger partial charge in [0, 0.05) is 20.6 Å². The van der Waals surface area contributed by atoms with Crippen LogP contribution in [0.15, 0.2) is 36.5 Å². The minimum atomic E-state index is -0.991. The smallest absolute Gasteiger partial charge is 0.308 e. The maximum Gasteiger partial charge on any atom is 0.308 e. The van der Waals surface area contributed by atoms with Crippen LogP contribution in [0.5, 0.6) is 0 Å². The van der Waals surface area contributed by atoms with Gasteiger partial charge in [0.05, 0.1) is 12.1 Å². The number of aliphatic carboxylic acids is 1. The molecule has 1 aromatic carbocycles. The molecule has 2 N–H and O–H groups in total. The van der Waals surface area contributed by atoms with Crippen molar-refractivity contribution in [2.45, 2.75) is 13.0 Å². The van der Waals surface area contributed by atoms with E-state index in [0.29, 0.717) is 6.42 Å². The van der Waals surface area contributed by atoms with Gasteiger partial charge in [-0.15, -0.1) is 5.10 Å². The van der Waals surface area contributed by atoms with Crippen LogP contribution in [-0.2, 0) is 22.6 Å². The van der Waals surface area contributed by atoms with Crippen molar-refractivity contribution in [2.75, 3.05) is 20.6 Å². The number of carbonyl (C=O) groups excluding carboxylic acids is 2. The lowest BCUT2D eigenvalue weighted by atomic mass is 9.99. The van der Waals surface area contributed by atoms with Crippen LogP contribution in [0.1, 0.15) is 16.1 Å². The van der Waals surface area contributed by atoms with Gasteiger partial charge in [0.25, 0.3) is 5.91 Å². The lowest BCUT2D eigenvalue weighted by molar-refractivity contribution is -0.141. The maximum absolute atomic E-state index is 12.1. The summed E-state index contributed by atoms with van der Waals surface area (Å²) in [6, 6.07) is 9.20. The molecule has 0 bridgehead atoms. The summed E-state index contributed by atoms with van der Waals surface area (Å²) in [4.78, 5) is 36.6. The molecule has 0 fully saturated rings. The summed E-state index contributed by atoms with van der Waals surface area (Å²) in [6.07, 6.45) is 1.66. The van der Waals surface area contributed by atoms with Gasteiger partial charge in [-0.05, 0) is 12.0 Å². The van der Waals surface area contributed by atoms with Crippen LogP contribution in [0.25, 0.3) is 0 Å². The van der Waals surface area contributed by atoms with Gasteiger partial charge in [0.2, 0.25) is 5.91 Å². The summed E-state index contributed by atoms with van der Waals surface area (Å²) in [5, 5.41) is 19.4. The van der Waals surface area contributed by atoms with Crippen molar-refractivity contribution >= 4 is 17.8 Å². The molecule has 1 atom stereocenters. The zero-order valence-corrected chi connectivity index (χ0v) is 14.6. The van der Waals surface area contributed by atoms with Crippen molar-refractivity contribution in [1.82, 2.24) is 25.2 Å². The number of carboxylic acids is 1. The molecule has 0 saturated heterocycles. The van der Waals surface area contributed by atoms with Gasteiger partial charge in [-0.3, -0.25) is 14.4 Å². The van der Waals surface area contributed by atoms with Crippen molar-refractivity contribution in [3.8, 4) is 0 Å². The number of rotatable bonds is 8. The SMILES string of the molecule is CN(C)C(=O)Cn1cc(C(=O)NCC(Cc2ccccc2)C(=O)O)nn1. The minimum absolute atomic E-state index is 0.0282. The van der Waals surface area contributed by atoms with Crippen molar-refractivity contribution in [2.24, 2.45) is 5.92 Å². The number of nitrogens with zero attached hydrogens (tertiary/aromatic N) is 4. The molecular formula is C17H21N5O4. The van der Waals surface area contributed by atoms with Gasteiger partial charge in [0.15, 0.2) is 5.69 Å². The fourth-order valence-corrected chi connectivity index (χ4v) is 2.21. The zero-order valence-electron chi connectivity index (χ0n) is 14.6. The van der Waals surface area contributed by atoms with Gasteiger partial charge >= 0.3 is 5.97 Å². The second-order valence-corrected chi connectivity index (χ2v) is 6.02. The normalized spacial score (nSPS) is 11.6. The summed E-state index contributed by atoms with van der Waals surface area (Å²) >= 11 is 0.